The van der Waals surface area contributed by atoms with Crippen LogP contribution in [0, 0.1) is 0 Å². The molecule has 1 aliphatic rings. The van der Waals surface area contributed by atoms with Crippen molar-refractivity contribution in [2.24, 2.45) is 0 Å². The predicted molar refractivity (Wildman–Crippen MR) is 78.6 cm³/mol. The van der Waals surface area contributed by atoms with Crippen LogP contribution >= 0.6 is 0 Å². The standard InChI is InChI=1S/C16H18N2O2/c1-2-17-11-15(12-17)20-14-8-6-13(7-9-14)18-10-4-3-5-16(18)19/h3-10,15H,2,11-12H2,1H3. The van der Waals surface area contributed by atoms with Gasteiger partial charge in [-0.25, -0.2) is 0 Å². The van der Waals surface area contributed by atoms with Crippen LogP contribution in [-0.4, -0.2) is 35.2 Å². The Morgan fingerprint density at radius 1 is 1.15 bits per heavy atom. The van der Waals surface area contributed by atoms with Gasteiger partial charge in [-0.1, -0.05) is 13.0 Å². The van der Waals surface area contributed by atoms with E-state index in [1.54, 1.807) is 22.9 Å². The Morgan fingerprint density at radius 3 is 2.55 bits per heavy atom. The Kier molecular flexibility index (Phi) is 3.56. The number of nitrogens with zero attached hydrogens (tertiary/aromatic N) is 2. The summed E-state index contributed by atoms with van der Waals surface area (Å²) < 4.78 is 7.49. The van der Waals surface area contributed by atoms with Gasteiger partial charge in [0.25, 0.3) is 5.56 Å². The minimum Gasteiger partial charge on any atom is -0.488 e. The Labute approximate surface area is 118 Å². The van der Waals surface area contributed by atoms with Gasteiger partial charge in [-0.05, 0) is 36.9 Å². The lowest BCUT2D eigenvalue weighted by atomic mass is 10.1. The lowest BCUT2D eigenvalue weighted by Crippen LogP contribution is -2.53. The van der Waals surface area contributed by atoms with Gasteiger partial charge in [-0.2, -0.15) is 0 Å². The summed E-state index contributed by atoms with van der Waals surface area (Å²) in [4.78, 5) is 14.1. The molecule has 1 aliphatic heterocycles. The summed E-state index contributed by atoms with van der Waals surface area (Å²) in [5.74, 6) is 0.860. The maximum Gasteiger partial charge on any atom is 0.255 e. The highest BCUT2D eigenvalue weighted by molar-refractivity contribution is 5.37. The van der Waals surface area contributed by atoms with Gasteiger partial charge in [-0.3, -0.25) is 14.3 Å². The van der Waals surface area contributed by atoms with Crippen LogP contribution in [0.4, 0.5) is 0 Å². The summed E-state index contributed by atoms with van der Waals surface area (Å²) in [7, 11) is 0. The van der Waals surface area contributed by atoms with Crippen molar-refractivity contribution in [2.45, 2.75) is 13.0 Å². The summed E-state index contributed by atoms with van der Waals surface area (Å²) in [6.07, 6.45) is 2.06. The number of benzene rings is 1. The Hall–Kier alpha value is -2.07. The number of pyridine rings is 1. The zero-order valence-corrected chi connectivity index (χ0v) is 11.5. The first kappa shape index (κ1) is 12.9. The molecule has 1 saturated heterocycles. The van der Waals surface area contributed by atoms with Crippen molar-refractivity contribution in [3.63, 3.8) is 0 Å². The molecule has 3 rings (SSSR count). The van der Waals surface area contributed by atoms with Crippen molar-refractivity contribution >= 4 is 0 Å². The molecule has 20 heavy (non-hydrogen) atoms. The number of likely N-dealkylation sites (tertiary alicyclic amines) is 1. The second-order valence-electron chi connectivity index (χ2n) is 4.99. The molecule has 0 radical (unpaired) electrons. The lowest BCUT2D eigenvalue weighted by Gasteiger charge is -2.38. The fourth-order valence-electron chi connectivity index (χ4n) is 2.37. The Morgan fingerprint density at radius 2 is 1.90 bits per heavy atom. The van der Waals surface area contributed by atoms with Gasteiger partial charge in [-0.15, -0.1) is 0 Å². The Bertz CT molecular complexity index is 627. The highest BCUT2D eigenvalue weighted by atomic mass is 16.5. The smallest absolute Gasteiger partial charge is 0.255 e. The van der Waals surface area contributed by atoms with E-state index < -0.39 is 0 Å². The van der Waals surface area contributed by atoms with Gasteiger partial charge in [0, 0.05) is 31.0 Å². The third-order valence-corrected chi connectivity index (χ3v) is 3.61. The highest BCUT2D eigenvalue weighted by Crippen LogP contribution is 2.19. The normalized spacial score (nSPS) is 15.8. The molecule has 0 spiro atoms. The minimum absolute atomic E-state index is 0.0289. The number of hydrogen-bond donors (Lipinski definition) is 0. The van der Waals surface area contributed by atoms with Crippen LogP contribution in [0.25, 0.3) is 5.69 Å². The lowest BCUT2D eigenvalue weighted by molar-refractivity contribution is 0.0238. The predicted octanol–water partition coefficient (Wildman–Crippen LogP) is 1.92. The van der Waals surface area contributed by atoms with Crippen molar-refractivity contribution in [1.82, 2.24) is 9.47 Å². The van der Waals surface area contributed by atoms with Crippen molar-refractivity contribution in [1.29, 1.82) is 0 Å². The van der Waals surface area contributed by atoms with E-state index in [1.165, 1.54) is 0 Å². The average molecular weight is 270 g/mol. The molecular weight excluding hydrogens is 252 g/mol. The molecule has 0 aliphatic carbocycles. The van der Waals surface area contributed by atoms with Crippen LogP contribution in [0.3, 0.4) is 0 Å². The fraction of sp³-hybridized carbons (Fsp3) is 0.312. The second-order valence-corrected chi connectivity index (χ2v) is 4.99. The summed E-state index contributed by atoms with van der Waals surface area (Å²) in [6, 6.07) is 12.8. The average Bonchev–Trinajstić information content (AvgIpc) is 2.44. The number of aromatic nitrogens is 1. The first-order valence-electron chi connectivity index (χ1n) is 6.93. The molecule has 0 N–H and O–H groups in total. The molecule has 0 bridgehead atoms. The minimum atomic E-state index is -0.0289. The van der Waals surface area contributed by atoms with E-state index in [-0.39, 0.29) is 5.56 Å². The molecule has 1 aromatic carbocycles. The fourth-order valence-corrected chi connectivity index (χ4v) is 2.37. The molecule has 0 unspecified atom stereocenters. The molecule has 1 fully saturated rings. The van der Waals surface area contributed by atoms with Crippen LogP contribution in [0.2, 0.25) is 0 Å². The van der Waals surface area contributed by atoms with Gasteiger partial charge in [0.2, 0.25) is 0 Å². The molecule has 2 aromatic rings. The molecule has 4 nitrogen and oxygen atoms in total. The molecule has 0 atom stereocenters. The molecule has 4 heteroatoms. The van der Waals surface area contributed by atoms with E-state index in [0.29, 0.717) is 6.10 Å². The van der Waals surface area contributed by atoms with E-state index >= 15 is 0 Å². The second kappa shape index (κ2) is 5.51. The first-order valence-corrected chi connectivity index (χ1v) is 6.93. The largest absolute Gasteiger partial charge is 0.488 e. The van der Waals surface area contributed by atoms with Crippen LogP contribution in [-0.2, 0) is 0 Å². The maximum atomic E-state index is 11.7. The van der Waals surface area contributed by atoms with Crippen molar-refractivity contribution in [2.75, 3.05) is 19.6 Å². The first-order chi connectivity index (χ1) is 9.76. The molecule has 0 amide bonds. The van der Waals surface area contributed by atoms with Crippen molar-refractivity contribution < 1.29 is 4.74 Å². The number of likely N-dealkylation sites (N-methyl/N-ethyl adjacent to an activating group) is 1. The van der Waals surface area contributed by atoms with E-state index in [0.717, 1.165) is 31.1 Å². The van der Waals surface area contributed by atoms with Crippen molar-refractivity contribution in [3.05, 3.63) is 59.0 Å². The van der Waals surface area contributed by atoms with Crippen molar-refractivity contribution in [3.8, 4) is 11.4 Å². The quantitative estimate of drug-likeness (QED) is 0.851. The highest BCUT2D eigenvalue weighted by Gasteiger charge is 2.26. The Balaban J connectivity index is 1.69. The SMILES string of the molecule is CCN1CC(Oc2ccc(-n3ccccc3=O)cc2)C1. The summed E-state index contributed by atoms with van der Waals surface area (Å²) in [6.45, 7) is 5.23. The maximum absolute atomic E-state index is 11.7. The van der Waals surface area contributed by atoms with Crippen LogP contribution < -0.4 is 10.3 Å². The molecule has 104 valence electrons. The third kappa shape index (κ3) is 2.60. The number of rotatable bonds is 4. The van der Waals surface area contributed by atoms with E-state index in [2.05, 4.69) is 11.8 Å². The zero-order chi connectivity index (χ0) is 13.9. The molecule has 1 aromatic heterocycles. The van der Waals surface area contributed by atoms with Crippen LogP contribution in [0.1, 0.15) is 6.92 Å². The third-order valence-electron chi connectivity index (χ3n) is 3.61. The molecular formula is C16H18N2O2. The summed E-state index contributed by atoms with van der Waals surface area (Å²) in [5.41, 5.74) is 0.825. The number of ether oxygens (including phenoxy) is 1. The van der Waals surface area contributed by atoms with E-state index in [1.807, 2.05) is 30.3 Å². The van der Waals surface area contributed by atoms with Gasteiger partial charge < -0.3 is 4.74 Å². The molecule has 0 saturated carbocycles. The van der Waals surface area contributed by atoms with E-state index in [9.17, 15) is 4.79 Å². The van der Waals surface area contributed by atoms with Crippen LogP contribution in [0.15, 0.2) is 53.5 Å². The van der Waals surface area contributed by atoms with Crippen LogP contribution in [0.5, 0.6) is 5.75 Å². The monoisotopic (exact) mass is 270 g/mol. The molecule has 2 heterocycles. The summed E-state index contributed by atoms with van der Waals surface area (Å²) >= 11 is 0. The van der Waals surface area contributed by atoms with Gasteiger partial charge >= 0.3 is 0 Å². The topological polar surface area (TPSA) is 34.5 Å². The van der Waals surface area contributed by atoms with E-state index in [4.69, 9.17) is 4.74 Å². The number of hydrogen-bond acceptors (Lipinski definition) is 3. The summed E-state index contributed by atoms with van der Waals surface area (Å²) in [5, 5.41) is 0. The van der Waals surface area contributed by atoms with Gasteiger partial charge in [0.15, 0.2) is 0 Å². The van der Waals surface area contributed by atoms with Gasteiger partial charge in [0.05, 0.1) is 0 Å². The van der Waals surface area contributed by atoms with Gasteiger partial charge in [0.1, 0.15) is 11.9 Å². The zero-order valence-electron chi connectivity index (χ0n) is 11.5.